The van der Waals surface area contributed by atoms with Crippen LogP contribution in [0.25, 0.3) is 11.0 Å². The van der Waals surface area contributed by atoms with Crippen molar-refractivity contribution in [2.75, 3.05) is 0 Å². The van der Waals surface area contributed by atoms with Crippen LogP contribution in [0.5, 0.6) is 0 Å². The SMILES string of the molecule is Cc1ccc(F)cc1C(O)c1cc2[nH]c(=O)[nH]c2cc1Br. The number of H-pyrrole nitrogens is 2. The molecule has 3 aromatic rings. The lowest BCUT2D eigenvalue weighted by Gasteiger charge is -2.16. The van der Waals surface area contributed by atoms with Gasteiger partial charge in [-0.3, -0.25) is 0 Å². The van der Waals surface area contributed by atoms with Gasteiger partial charge in [0.15, 0.2) is 0 Å². The molecule has 1 unspecified atom stereocenters. The summed E-state index contributed by atoms with van der Waals surface area (Å²) in [6.07, 6.45) is -0.988. The number of rotatable bonds is 2. The molecule has 2 aromatic carbocycles. The van der Waals surface area contributed by atoms with Crippen molar-refractivity contribution in [2.45, 2.75) is 13.0 Å². The molecule has 4 nitrogen and oxygen atoms in total. The fourth-order valence-electron chi connectivity index (χ4n) is 2.36. The summed E-state index contributed by atoms with van der Waals surface area (Å²) in [6.45, 7) is 1.81. The molecular weight excluding hydrogens is 339 g/mol. The van der Waals surface area contributed by atoms with Gasteiger partial charge in [-0.15, -0.1) is 0 Å². The number of aliphatic hydroxyl groups excluding tert-OH is 1. The highest BCUT2D eigenvalue weighted by Gasteiger charge is 2.18. The van der Waals surface area contributed by atoms with Gasteiger partial charge in [0.1, 0.15) is 11.9 Å². The van der Waals surface area contributed by atoms with Crippen LogP contribution in [0.1, 0.15) is 22.8 Å². The van der Waals surface area contributed by atoms with Gasteiger partial charge in [-0.1, -0.05) is 22.0 Å². The van der Waals surface area contributed by atoms with Crippen molar-refractivity contribution in [3.63, 3.8) is 0 Å². The van der Waals surface area contributed by atoms with E-state index in [-0.39, 0.29) is 5.69 Å². The van der Waals surface area contributed by atoms with Crippen molar-refractivity contribution in [1.82, 2.24) is 9.97 Å². The lowest BCUT2D eigenvalue weighted by molar-refractivity contribution is 0.218. The average Bonchev–Trinajstić information content (AvgIpc) is 2.79. The Morgan fingerprint density at radius 1 is 1.14 bits per heavy atom. The first-order valence-electron chi connectivity index (χ1n) is 6.31. The molecule has 6 heteroatoms. The number of imidazole rings is 1. The number of aliphatic hydroxyl groups is 1. The Morgan fingerprint density at radius 3 is 2.52 bits per heavy atom. The first-order chi connectivity index (χ1) is 9.95. The smallest absolute Gasteiger partial charge is 0.323 e. The minimum atomic E-state index is -0.988. The van der Waals surface area contributed by atoms with E-state index in [0.717, 1.165) is 5.56 Å². The third-order valence-electron chi connectivity index (χ3n) is 3.46. The highest BCUT2D eigenvalue weighted by Crippen LogP contribution is 2.32. The maximum Gasteiger partial charge on any atom is 0.323 e. The van der Waals surface area contributed by atoms with E-state index < -0.39 is 11.9 Å². The second-order valence-electron chi connectivity index (χ2n) is 4.90. The van der Waals surface area contributed by atoms with E-state index >= 15 is 0 Å². The maximum atomic E-state index is 13.4. The van der Waals surface area contributed by atoms with Gasteiger partial charge in [-0.25, -0.2) is 9.18 Å². The average molecular weight is 351 g/mol. The zero-order valence-corrected chi connectivity index (χ0v) is 12.7. The Hall–Kier alpha value is -1.92. The van der Waals surface area contributed by atoms with Gasteiger partial charge < -0.3 is 15.1 Å². The Balaban J connectivity index is 2.16. The molecule has 108 valence electrons. The quantitative estimate of drug-likeness (QED) is 0.664. The van der Waals surface area contributed by atoms with E-state index in [0.29, 0.717) is 26.6 Å². The van der Waals surface area contributed by atoms with E-state index in [4.69, 9.17) is 0 Å². The summed E-state index contributed by atoms with van der Waals surface area (Å²) in [5.41, 5.74) is 2.76. The molecule has 3 N–H and O–H groups in total. The van der Waals surface area contributed by atoms with E-state index in [2.05, 4.69) is 25.9 Å². The van der Waals surface area contributed by atoms with Crippen LogP contribution in [0.15, 0.2) is 39.6 Å². The standard InChI is InChI=1S/C15H12BrFN2O2/c1-7-2-3-8(17)4-9(7)14(20)10-5-12-13(6-11(10)16)19-15(21)18-12/h2-6,14,20H,1H3,(H2,18,19,21). The maximum absolute atomic E-state index is 13.4. The normalized spacial score (nSPS) is 12.8. The summed E-state index contributed by atoms with van der Waals surface area (Å²) < 4.78 is 14.0. The molecule has 0 saturated heterocycles. The zero-order valence-electron chi connectivity index (χ0n) is 11.1. The van der Waals surface area contributed by atoms with Crippen molar-refractivity contribution < 1.29 is 9.50 Å². The van der Waals surface area contributed by atoms with Gasteiger partial charge in [-0.05, 0) is 42.3 Å². The molecule has 0 bridgehead atoms. The summed E-state index contributed by atoms with van der Waals surface area (Å²) >= 11 is 3.38. The number of hydrogen-bond donors (Lipinski definition) is 3. The van der Waals surface area contributed by atoms with Crippen LogP contribution in [0.4, 0.5) is 4.39 Å². The number of aromatic amines is 2. The van der Waals surface area contributed by atoms with Crippen LogP contribution in [0.3, 0.4) is 0 Å². The molecular formula is C15H12BrFN2O2. The van der Waals surface area contributed by atoms with Gasteiger partial charge in [0, 0.05) is 10.0 Å². The second-order valence-corrected chi connectivity index (χ2v) is 5.76. The van der Waals surface area contributed by atoms with Crippen molar-refractivity contribution in [3.05, 3.63) is 67.8 Å². The van der Waals surface area contributed by atoms with Crippen LogP contribution in [0, 0.1) is 12.7 Å². The van der Waals surface area contributed by atoms with E-state index in [1.165, 1.54) is 12.1 Å². The third kappa shape index (κ3) is 2.52. The second kappa shape index (κ2) is 5.13. The molecule has 0 fully saturated rings. The summed E-state index contributed by atoms with van der Waals surface area (Å²) in [5, 5.41) is 10.5. The largest absolute Gasteiger partial charge is 0.384 e. The number of nitrogens with one attached hydrogen (secondary N) is 2. The minimum absolute atomic E-state index is 0.314. The van der Waals surface area contributed by atoms with Gasteiger partial charge >= 0.3 is 5.69 Å². The van der Waals surface area contributed by atoms with Gasteiger partial charge in [0.2, 0.25) is 0 Å². The van der Waals surface area contributed by atoms with E-state index in [9.17, 15) is 14.3 Å². The summed E-state index contributed by atoms with van der Waals surface area (Å²) in [4.78, 5) is 16.6. The van der Waals surface area contributed by atoms with Gasteiger partial charge in [-0.2, -0.15) is 0 Å². The van der Waals surface area contributed by atoms with Crippen LogP contribution >= 0.6 is 15.9 Å². The lowest BCUT2D eigenvalue weighted by Crippen LogP contribution is -2.04. The number of aromatic nitrogens is 2. The molecule has 3 rings (SSSR count). The molecule has 0 spiro atoms. The van der Waals surface area contributed by atoms with Crippen molar-refractivity contribution in [3.8, 4) is 0 Å². The van der Waals surface area contributed by atoms with Crippen LogP contribution in [-0.4, -0.2) is 15.1 Å². The summed E-state index contributed by atoms with van der Waals surface area (Å²) in [7, 11) is 0. The molecule has 21 heavy (non-hydrogen) atoms. The van der Waals surface area contributed by atoms with Gasteiger partial charge in [0.05, 0.1) is 11.0 Å². The van der Waals surface area contributed by atoms with Crippen LogP contribution in [0.2, 0.25) is 0 Å². The molecule has 0 amide bonds. The third-order valence-corrected chi connectivity index (χ3v) is 4.15. The van der Waals surface area contributed by atoms with Crippen molar-refractivity contribution >= 4 is 27.0 Å². The molecule has 0 radical (unpaired) electrons. The molecule has 1 aromatic heterocycles. The zero-order chi connectivity index (χ0) is 15.1. The highest BCUT2D eigenvalue weighted by molar-refractivity contribution is 9.10. The predicted octanol–water partition coefficient (Wildman–Crippen LogP) is 3.15. The number of halogens is 2. The molecule has 1 heterocycles. The number of aryl methyl sites for hydroxylation is 1. The Morgan fingerprint density at radius 2 is 1.81 bits per heavy atom. The Kier molecular flexibility index (Phi) is 3.43. The fourth-order valence-corrected chi connectivity index (χ4v) is 2.92. The van der Waals surface area contributed by atoms with Crippen molar-refractivity contribution in [1.29, 1.82) is 0 Å². The number of fused-ring (bicyclic) bond motifs is 1. The minimum Gasteiger partial charge on any atom is -0.384 e. The lowest BCUT2D eigenvalue weighted by atomic mass is 9.97. The predicted molar refractivity (Wildman–Crippen MR) is 81.8 cm³/mol. The van der Waals surface area contributed by atoms with Crippen LogP contribution in [-0.2, 0) is 0 Å². The topological polar surface area (TPSA) is 68.9 Å². The fraction of sp³-hybridized carbons (Fsp3) is 0.133. The molecule has 0 aliphatic heterocycles. The van der Waals surface area contributed by atoms with E-state index in [1.54, 1.807) is 18.2 Å². The van der Waals surface area contributed by atoms with Crippen molar-refractivity contribution in [2.24, 2.45) is 0 Å². The Bertz CT molecular complexity index is 885. The van der Waals surface area contributed by atoms with Crippen LogP contribution < -0.4 is 5.69 Å². The summed E-state index contributed by atoms with van der Waals surface area (Å²) in [6, 6.07) is 7.68. The monoisotopic (exact) mass is 350 g/mol. The number of benzene rings is 2. The highest BCUT2D eigenvalue weighted by atomic mass is 79.9. The van der Waals surface area contributed by atoms with Gasteiger partial charge in [0.25, 0.3) is 0 Å². The Labute approximate surface area is 127 Å². The first-order valence-corrected chi connectivity index (χ1v) is 7.10. The molecule has 1 atom stereocenters. The molecule has 0 aliphatic carbocycles. The summed E-state index contributed by atoms with van der Waals surface area (Å²) in [5.74, 6) is -0.401. The van der Waals surface area contributed by atoms with E-state index in [1.807, 2.05) is 6.92 Å². The number of hydrogen-bond acceptors (Lipinski definition) is 2. The molecule has 0 aliphatic rings. The molecule has 0 saturated carbocycles. The first kappa shape index (κ1) is 14.0.